The predicted octanol–water partition coefficient (Wildman–Crippen LogP) is 2.04. The molecule has 3 nitrogen and oxygen atoms in total. The van der Waals surface area contributed by atoms with Crippen LogP contribution in [0, 0.1) is 0 Å². The van der Waals surface area contributed by atoms with Crippen molar-refractivity contribution < 1.29 is 9.90 Å². The Morgan fingerprint density at radius 1 is 1.17 bits per heavy atom. The fourth-order valence-corrected chi connectivity index (χ4v) is 2.50. The predicted molar refractivity (Wildman–Crippen MR) is 71.2 cm³/mol. The molecule has 0 aromatic heterocycles. The average molecular weight is 247 g/mol. The topological polar surface area (TPSA) is 49.3 Å². The standard InChI is InChI=1S/C15H21NO2/c17-14-10-6-2-5-9-13(14)16-15(18)11-12-7-3-1-4-8-12/h1,3-4,7-8,13-14,17H,2,5-6,9-11H2,(H,16,18). The molecule has 98 valence electrons. The van der Waals surface area contributed by atoms with E-state index in [1.54, 1.807) is 0 Å². The molecule has 0 radical (unpaired) electrons. The number of aliphatic hydroxyl groups excluding tert-OH is 1. The molecule has 0 spiro atoms. The fraction of sp³-hybridized carbons (Fsp3) is 0.533. The van der Waals surface area contributed by atoms with Crippen molar-refractivity contribution in [2.75, 3.05) is 0 Å². The maximum absolute atomic E-state index is 11.9. The molecule has 3 heteroatoms. The highest BCUT2D eigenvalue weighted by Crippen LogP contribution is 2.18. The third kappa shape index (κ3) is 3.84. The number of hydrogen-bond acceptors (Lipinski definition) is 2. The first-order valence-corrected chi connectivity index (χ1v) is 6.77. The summed E-state index contributed by atoms with van der Waals surface area (Å²) in [4.78, 5) is 11.9. The van der Waals surface area contributed by atoms with Gasteiger partial charge in [-0.2, -0.15) is 0 Å². The second kappa shape index (κ2) is 6.55. The molecule has 1 aromatic rings. The Morgan fingerprint density at radius 2 is 1.89 bits per heavy atom. The lowest BCUT2D eigenvalue weighted by Gasteiger charge is -2.21. The third-order valence-electron chi connectivity index (χ3n) is 3.53. The van der Waals surface area contributed by atoms with Crippen LogP contribution in [0.2, 0.25) is 0 Å². The molecule has 1 aliphatic rings. The van der Waals surface area contributed by atoms with Crippen molar-refractivity contribution in [1.82, 2.24) is 5.32 Å². The monoisotopic (exact) mass is 247 g/mol. The number of carbonyl (C=O) groups excluding carboxylic acids is 1. The van der Waals surface area contributed by atoms with E-state index in [1.165, 1.54) is 0 Å². The highest BCUT2D eigenvalue weighted by Gasteiger charge is 2.22. The first-order valence-electron chi connectivity index (χ1n) is 6.77. The molecular formula is C15H21NO2. The molecule has 1 saturated carbocycles. The Kier molecular flexibility index (Phi) is 4.76. The van der Waals surface area contributed by atoms with E-state index >= 15 is 0 Å². The zero-order valence-electron chi connectivity index (χ0n) is 10.6. The Balaban J connectivity index is 1.86. The Morgan fingerprint density at radius 3 is 2.67 bits per heavy atom. The lowest BCUT2D eigenvalue weighted by molar-refractivity contribution is -0.122. The first kappa shape index (κ1) is 13.1. The van der Waals surface area contributed by atoms with Gasteiger partial charge in [0.1, 0.15) is 0 Å². The van der Waals surface area contributed by atoms with E-state index < -0.39 is 0 Å². The van der Waals surface area contributed by atoms with Crippen LogP contribution in [0.3, 0.4) is 0 Å². The summed E-state index contributed by atoms with van der Waals surface area (Å²) < 4.78 is 0. The normalized spacial score (nSPS) is 24.3. The number of rotatable bonds is 3. The van der Waals surface area contributed by atoms with E-state index in [1.807, 2.05) is 30.3 Å². The summed E-state index contributed by atoms with van der Waals surface area (Å²) in [6.45, 7) is 0. The van der Waals surface area contributed by atoms with Crippen molar-refractivity contribution in [3.05, 3.63) is 35.9 Å². The minimum absolute atomic E-state index is 0.00662. The summed E-state index contributed by atoms with van der Waals surface area (Å²) in [5.41, 5.74) is 1.01. The molecule has 2 atom stereocenters. The minimum atomic E-state index is -0.382. The Hall–Kier alpha value is -1.35. The van der Waals surface area contributed by atoms with E-state index in [0.29, 0.717) is 6.42 Å². The average Bonchev–Trinajstić information content (AvgIpc) is 2.56. The van der Waals surface area contributed by atoms with Gasteiger partial charge in [-0.25, -0.2) is 0 Å². The minimum Gasteiger partial charge on any atom is -0.391 e. The Labute approximate surface area is 108 Å². The second-order valence-electron chi connectivity index (χ2n) is 5.04. The molecule has 2 N–H and O–H groups in total. The third-order valence-corrected chi connectivity index (χ3v) is 3.53. The van der Waals surface area contributed by atoms with Crippen molar-refractivity contribution in [2.24, 2.45) is 0 Å². The van der Waals surface area contributed by atoms with Gasteiger partial charge < -0.3 is 10.4 Å². The van der Waals surface area contributed by atoms with Gasteiger partial charge in [0.25, 0.3) is 0 Å². The van der Waals surface area contributed by atoms with Gasteiger partial charge in [-0.05, 0) is 18.4 Å². The summed E-state index contributed by atoms with van der Waals surface area (Å²) >= 11 is 0. The van der Waals surface area contributed by atoms with Crippen LogP contribution in [0.1, 0.15) is 37.7 Å². The van der Waals surface area contributed by atoms with Gasteiger partial charge in [0.2, 0.25) is 5.91 Å². The zero-order valence-corrected chi connectivity index (χ0v) is 10.6. The van der Waals surface area contributed by atoms with Crippen molar-refractivity contribution in [2.45, 2.75) is 50.7 Å². The lowest BCUT2D eigenvalue weighted by Crippen LogP contribution is -2.43. The molecule has 18 heavy (non-hydrogen) atoms. The van der Waals surface area contributed by atoms with Gasteiger partial charge in [-0.1, -0.05) is 49.6 Å². The highest BCUT2D eigenvalue weighted by molar-refractivity contribution is 5.78. The van der Waals surface area contributed by atoms with Gasteiger partial charge >= 0.3 is 0 Å². The van der Waals surface area contributed by atoms with Crippen molar-refractivity contribution in [1.29, 1.82) is 0 Å². The number of carbonyl (C=O) groups is 1. The molecule has 0 aliphatic heterocycles. The van der Waals surface area contributed by atoms with E-state index in [-0.39, 0.29) is 18.1 Å². The van der Waals surface area contributed by atoms with E-state index in [9.17, 15) is 9.90 Å². The van der Waals surface area contributed by atoms with Gasteiger partial charge in [-0.3, -0.25) is 4.79 Å². The van der Waals surface area contributed by atoms with Gasteiger partial charge in [0.15, 0.2) is 0 Å². The molecule has 1 fully saturated rings. The van der Waals surface area contributed by atoms with E-state index in [2.05, 4.69) is 5.32 Å². The number of amides is 1. The summed E-state index contributed by atoms with van der Waals surface area (Å²) in [7, 11) is 0. The molecule has 0 saturated heterocycles. The van der Waals surface area contributed by atoms with E-state index in [0.717, 1.165) is 37.7 Å². The largest absolute Gasteiger partial charge is 0.391 e. The summed E-state index contributed by atoms with van der Waals surface area (Å²) in [5.74, 6) is 0.00662. The van der Waals surface area contributed by atoms with Gasteiger partial charge in [0, 0.05) is 0 Å². The van der Waals surface area contributed by atoms with E-state index in [4.69, 9.17) is 0 Å². The molecule has 1 aliphatic carbocycles. The first-order chi connectivity index (χ1) is 8.75. The Bertz CT molecular complexity index is 377. The van der Waals surface area contributed by atoms with Crippen LogP contribution < -0.4 is 5.32 Å². The zero-order chi connectivity index (χ0) is 12.8. The fourth-order valence-electron chi connectivity index (χ4n) is 2.50. The van der Waals surface area contributed by atoms with Crippen LogP contribution in [0.25, 0.3) is 0 Å². The van der Waals surface area contributed by atoms with Crippen molar-refractivity contribution in [3.8, 4) is 0 Å². The maximum Gasteiger partial charge on any atom is 0.224 e. The summed E-state index contributed by atoms with van der Waals surface area (Å²) in [6, 6.07) is 9.64. The van der Waals surface area contributed by atoms with Crippen LogP contribution in [-0.2, 0) is 11.2 Å². The van der Waals surface area contributed by atoms with Crippen LogP contribution in [0.5, 0.6) is 0 Å². The van der Waals surface area contributed by atoms with Crippen molar-refractivity contribution >= 4 is 5.91 Å². The lowest BCUT2D eigenvalue weighted by atomic mass is 10.1. The molecule has 1 amide bonds. The van der Waals surface area contributed by atoms with Crippen LogP contribution >= 0.6 is 0 Å². The number of benzene rings is 1. The highest BCUT2D eigenvalue weighted by atomic mass is 16.3. The SMILES string of the molecule is O=C(Cc1ccccc1)NC1CCCCCC1O. The molecule has 0 bridgehead atoms. The van der Waals surface area contributed by atoms with Crippen LogP contribution in [-0.4, -0.2) is 23.2 Å². The molecule has 2 rings (SSSR count). The molecule has 2 unspecified atom stereocenters. The molecule has 0 heterocycles. The van der Waals surface area contributed by atoms with Crippen LogP contribution in [0.4, 0.5) is 0 Å². The number of nitrogens with one attached hydrogen (secondary N) is 1. The summed E-state index contributed by atoms with van der Waals surface area (Å²) in [6.07, 6.45) is 5.01. The maximum atomic E-state index is 11.9. The number of aliphatic hydroxyl groups is 1. The van der Waals surface area contributed by atoms with Crippen molar-refractivity contribution in [3.63, 3.8) is 0 Å². The number of hydrogen-bond donors (Lipinski definition) is 2. The van der Waals surface area contributed by atoms with Gasteiger partial charge in [0.05, 0.1) is 18.6 Å². The van der Waals surface area contributed by atoms with Crippen LogP contribution in [0.15, 0.2) is 30.3 Å². The second-order valence-corrected chi connectivity index (χ2v) is 5.04. The molecule has 1 aromatic carbocycles. The quantitative estimate of drug-likeness (QED) is 0.803. The molecular weight excluding hydrogens is 226 g/mol. The smallest absolute Gasteiger partial charge is 0.224 e. The summed E-state index contributed by atoms with van der Waals surface area (Å²) in [5, 5.41) is 12.9. The van der Waals surface area contributed by atoms with Gasteiger partial charge in [-0.15, -0.1) is 0 Å².